The number of fused-ring (bicyclic) bond motifs is 1. The number of carbonyl (C=O) groups excluding carboxylic acids is 1. The van der Waals surface area contributed by atoms with Crippen LogP contribution in [0.3, 0.4) is 0 Å². The van der Waals surface area contributed by atoms with Gasteiger partial charge in [0.25, 0.3) is 10.2 Å². The number of carbonyl (C=O) groups is 1. The maximum Gasteiger partial charge on any atom is 0.282 e. The molecule has 2 fully saturated rings. The van der Waals surface area contributed by atoms with Gasteiger partial charge in [0.15, 0.2) is 5.78 Å². The van der Waals surface area contributed by atoms with Crippen LogP contribution < -0.4 is 4.90 Å². The summed E-state index contributed by atoms with van der Waals surface area (Å²) >= 11 is 0. The molecule has 2 saturated heterocycles. The Hall–Kier alpha value is -1.78. The molecule has 0 N–H and O–H groups in total. The smallest absolute Gasteiger partial charge is 0.282 e. The minimum Gasteiger partial charge on any atom is -0.379 e. The van der Waals surface area contributed by atoms with Crippen LogP contribution in [-0.4, -0.2) is 93.8 Å². The molecule has 0 aliphatic carbocycles. The molecule has 1 aromatic rings. The molecule has 0 radical (unpaired) electrons. The third-order valence-electron chi connectivity index (χ3n) is 6.57. The number of ether oxygens (including phenoxy) is 1. The van der Waals surface area contributed by atoms with Crippen LogP contribution in [0.5, 0.6) is 0 Å². The molecule has 1 aromatic carbocycles. The number of nitrogens with zero attached hydrogens (tertiary/aromatic N) is 4. The van der Waals surface area contributed by atoms with Gasteiger partial charge in [0.1, 0.15) is 0 Å². The molecule has 4 rings (SSSR count). The minimum atomic E-state index is -3.45. The Balaban J connectivity index is 1.37. The first-order valence-corrected chi connectivity index (χ1v) is 12.2. The monoisotopic (exact) mass is 448 g/mol. The van der Waals surface area contributed by atoms with Crippen molar-refractivity contribution in [3.8, 4) is 0 Å². The molecule has 0 unspecified atom stereocenters. The van der Waals surface area contributed by atoms with Crippen LogP contribution in [0.25, 0.3) is 0 Å². The quantitative estimate of drug-likeness (QED) is 0.628. The fourth-order valence-electron chi connectivity index (χ4n) is 4.74. The summed E-state index contributed by atoms with van der Waals surface area (Å²) in [5, 5.41) is 0. The van der Waals surface area contributed by atoms with Gasteiger partial charge in [-0.25, -0.2) is 0 Å². The van der Waals surface area contributed by atoms with Crippen molar-refractivity contribution in [1.82, 2.24) is 13.5 Å². The van der Waals surface area contributed by atoms with Gasteiger partial charge in [-0.15, -0.1) is 0 Å². The second-order valence-electron chi connectivity index (χ2n) is 8.89. The first-order chi connectivity index (χ1) is 14.7. The van der Waals surface area contributed by atoms with Gasteiger partial charge in [-0.3, -0.25) is 9.69 Å². The van der Waals surface area contributed by atoms with Crippen molar-refractivity contribution in [2.24, 2.45) is 0 Å². The SMILES string of the molecule is CN1/C(=C\C(=O)CN2CCN(S(=O)(=O)N3CCOCC3)CC2)C(C)(C)c2ccccc21. The average molecular weight is 449 g/mol. The van der Waals surface area contributed by atoms with E-state index in [4.69, 9.17) is 4.74 Å². The second kappa shape index (κ2) is 8.63. The van der Waals surface area contributed by atoms with E-state index >= 15 is 0 Å². The number of allylic oxidation sites excluding steroid dienone is 1. The van der Waals surface area contributed by atoms with Crippen LogP contribution in [0.15, 0.2) is 36.0 Å². The maximum absolute atomic E-state index is 12.9. The third kappa shape index (κ3) is 4.29. The number of ketones is 1. The van der Waals surface area contributed by atoms with Gasteiger partial charge >= 0.3 is 0 Å². The van der Waals surface area contributed by atoms with Gasteiger partial charge in [0, 0.05) is 69.2 Å². The van der Waals surface area contributed by atoms with E-state index in [0.29, 0.717) is 59.0 Å². The molecule has 3 aliphatic rings. The number of piperazine rings is 1. The third-order valence-corrected chi connectivity index (χ3v) is 8.61. The summed E-state index contributed by atoms with van der Waals surface area (Å²) in [5.74, 6) is 0.0483. The van der Waals surface area contributed by atoms with Gasteiger partial charge in [-0.1, -0.05) is 32.0 Å². The summed E-state index contributed by atoms with van der Waals surface area (Å²) in [6, 6.07) is 8.24. The van der Waals surface area contributed by atoms with E-state index in [1.807, 2.05) is 24.1 Å². The van der Waals surface area contributed by atoms with Crippen molar-refractivity contribution in [2.45, 2.75) is 19.3 Å². The van der Waals surface area contributed by atoms with Crippen LogP contribution >= 0.6 is 0 Å². The van der Waals surface area contributed by atoms with Crippen molar-refractivity contribution in [3.63, 3.8) is 0 Å². The summed E-state index contributed by atoms with van der Waals surface area (Å²) in [6.45, 7) is 8.19. The highest BCUT2D eigenvalue weighted by molar-refractivity contribution is 7.86. The molecule has 31 heavy (non-hydrogen) atoms. The molecule has 0 saturated carbocycles. The van der Waals surface area contributed by atoms with Crippen LogP contribution in [0.1, 0.15) is 19.4 Å². The van der Waals surface area contributed by atoms with Crippen LogP contribution in [0.2, 0.25) is 0 Å². The van der Waals surface area contributed by atoms with E-state index in [-0.39, 0.29) is 11.2 Å². The Morgan fingerprint density at radius 2 is 1.65 bits per heavy atom. The molecule has 0 atom stereocenters. The van der Waals surface area contributed by atoms with Gasteiger partial charge in [-0.05, 0) is 11.6 Å². The van der Waals surface area contributed by atoms with E-state index in [0.717, 1.165) is 11.4 Å². The van der Waals surface area contributed by atoms with E-state index in [9.17, 15) is 13.2 Å². The van der Waals surface area contributed by atoms with Crippen molar-refractivity contribution < 1.29 is 17.9 Å². The number of rotatable bonds is 5. The highest BCUT2D eigenvalue weighted by atomic mass is 32.2. The van der Waals surface area contributed by atoms with Crippen molar-refractivity contribution in [3.05, 3.63) is 41.6 Å². The number of hydrogen-bond donors (Lipinski definition) is 0. The fraction of sp³-hybridized carbons (Fsp3) is 0.591. The number of morpholine rings is 1. The molecule has 8 nitrogen and oxygen atoms in total. The lowest BCUT2D eigenvalue weighted by atomic mass is 9.83. The first kappa shape index (κ1) is 22.4. The van der Waals surface area contributed by atoms with Crippen molar-refractivity contribution in [1.29, 1.82) is 0 Å². The maximum atomic E-state index is 12.9. The van der Waals surface area contributed by atoms with E-state index in [1.165, 1.54) is 14.2 Å². The highest BCUT2D eigenvalue weighted by Gasteiger charge is 2.39. The molecular weight excluding hydrogens is 416 g/mol. The van der Waals surface area contributed by atoms with Crippen LogP contribution in [0.4, 0.5) is 5.69 Å². The zero-order chi connectivity index (χ0) is 22.2. The molecule has 3 heterocycles. The van der Waals surface area contributed by atoms with Gasteiger partial charge in [-0.2, -0.15) is 17.0 Å². The predicted molar refractivity (Wildman–Crippen MR) is 120 cm³/mol. The number of anilines is 1. The number of likely N-dealkylation sites (N-methyl/N-ethyl adjacent to an activating group) is 1. The lowest BCUT2D eigenvalue weighted by Crippen LogP contribution is -2.55. The second-order valence-corrected chi connectivity index (χ2v) is 10.8. The van der Waals surface area contributed by atoms with Crippen molar-refractivity contribution >= 4 is 21.7 Å². The van der Waals surface area contributed by atoms with E-state index < -0.39 is 10.2 Å². The van der Waals surface area contributed by atoms with E-state index in [2.05, 4.69) is 30.9 Å². The lowest BCUT2D eigenvalue weighted by molar-refractivity contribution is -0.116. The average Bonchev–Trinajstić information content (AvgIpc) is 2.96. The fourth-order valence-corrected chi connectivity index (χ4v) is 6.30. The summed E-state index contributed by atoms with van der Waals surface area (Å²) in [7, 11) is -1.45. The molecule has 0 aromatic heterocycles. The Morgan fingerprint density at radius 3 is 2.29 bits per heavy atom. The normalized spacial score (nSPS) is 24.5. The number of para-hydroxylation sites is 1. The summed E-state index contributed by atoms with van der Waals surface area (Å²) < 4.78 is 33.9. The zero-order valence-corrected chi connectivity index (χ0v) is 19.4. The largest absolute Gasteiger partial charge is 0.379 e. The number of benzene rings is 1. The van der Waals surface area contributed by atoms with E-state index in [1.54, 1.807) is 6.08 Å². The summed E-state index contributed by atoms with van der Waals surface area (Å²) in [5.41, 5.74) is 3.12. The number of hydrogen-bond acceptors (Lipinski definition) is 6. The zero-order valence-electron chi connectivity index (χ0n) is 18.6. The standard InChI is InChI=1S/C22H32N4O4S/c1-22(2)19-6-4-5-7-20(19)23(3)21(22)16-18(27)17-24-8-10-25(11-9-24)31(28,29)26-12-14-30-15-13-26/h4-7,16H,8-15,17H2,1-3H3/b21-16-. The molecule has 0 amide bonds. The predicted octanol–water partition coefficient (Wildman–Crippen LogP) is 1.06. The Bertz CT molecular complexity index is 961. The topological polar surface area (TPSA) is 73.4 Å². The highest BCUT2D eigenvalue weighted by Crippen LogP contribution is 2.46. The van der Waals surface area contributed by atoms with Gasteiger partial charge < -0.3 is 9.64 Å². The molecule has 9 heteroatoms. The van der Waals surface area contributed by atoms with Crippen LogP contribution in [0, 0.1) is 0 Å². The Labute approximate surface area is 185 Å². The molecule has 0 bridgehead atoms. The molecule has 170 valence electrons. The molecule has 3 aliphatic heterocycles. The summed E-state index contributed by atoms with van der Waals surface area (Å²) in [4.78, 5) is 17.0. The van der Waals surface area contributed by atoms with Gasteiger partial charge in [0.2, 0.25) is 0 Å². The molecular formula is C22H32N4O4S. The van der Waals surface area contributed by atoms with Gasteiger partial charge in [0.05, 0.1) is 19.8 Å². The first-order valence-electron chi connectivity index (χ1n) is 10.8. The lowest BCUT2D eigenvalue weighted by Gasteiger charge is -2.37. The molecule has 0 spiro atoms. The van der Waals surface area contributed by atoms with Crippen molar-refractivity contribution in [2.75, 3.05) is 71.0 Å². The minimum absolute atomic E-state index is 0.0483. The Kier molecular flexibility index (Phi) is 6.24. The Morgan fingerprint density at radius 1 is 1.03 bits per heavy atom. The van der Waals surface area contributed by atoms with Crippen LogP contribution in [-0.2, 0) is 25.2 Å². The summed E-state index contributed by atoms with van der Waals surface area (Å²) in [6.07, 6.45) is 1.76.